The van der Waals surface area contributed by atoms with E-state index in [1.54, 1.807) is 4.90 Å². The van der Waals surface area contributed by atoms with Crippen LogP contribution in [0.4, 0.5) is 0 Å². The maximum atomic E-state index is 13.6. The van der Waals surface area contributed by atoms with Gasteiger partial charge in [-0.3, -0.25) is 14.4 Å². The first-order valence-electron chi connectivity index (χ1n) is 11.3. The number of rotatable bonds is 5. The average Bonchev–Trinajstić information content (AvgIpc) is 3.19. The fraction of sp³-hybridized carbons (Fsp3) is 0.522. The Morgan fingerprint density at radius 3 is 2.41 bits per heavy atom. The zero-order valence-corrected chi connectivity index (χ0v) is 19.6. The largest absolute Gasteiger partial charge is 0.340 e. The molecule has 3 amide bonds. The molecule has 2 unspecified atom stereocenters. The zero-order chi connectivity index (χ0) is 22.1. The molecule has 5 rings (SSSR count). The molecular formula is C23H28N4O3S2. The van der Waals surface area contributed by atoms with E-state index >= 15 is 0 Å². The smallest absolute Gasteiger partial charge is 0.264 e. The van der Waals surface area contributed by atoms with Gasteiger partial charge in [-0.25, -0.2) is 0 Å². The van der Waals surface area contributed by atoms with Gasteiger partial charge in [0.1, 0.15) is 6.04 Å². The fourth-order valence-electron chi connectivity index (χ4n) is 4.80. The number of thiophene rings is 2. The van der Waals surface area contributed by atoms with Crippen molar-refractivity contribution in [2.45, 2.75) is 43.8 Å². The highest BCUT2D eigenvalue weighted by Crippen LogP contribution is 2.36. The number of likely N-dealkylation sites (tertiary alicyclic amines) is 1. The highest BCUT2D eigenvalue weighted by atomic mass is 32.1. The minimum atomic E-state index is -0.523. The lowest BCUT2D eigenvalue weighted by atomic mass is 10.1. The van der Waals surface area contributed by atoms with Crippen LogP contribution in [0, 0.1) is 0 Å². The number of carbonyl (C=O) groups excluding carboxylic acids is 3. The van der Waals surface area contributed by atoms with Crippen molar-refractivity contribution in [1.29, 1.82) is 0 Å². The summed E-state index contributed by atoms with van der Waals surface area (Å²) in [7, 11) is 0. The molecule has 2 saturated heterocycles. The Balaban J connectivity index is 1.42. The Hall–Kier alpha value is -2.23. The lowest BCUT2D eigenvalue weighted by Crippen LogP contribution is -2.48. The van der Waals surface area contributed by atoms with E-state index in [4.69, 9.17) is 0 Å². The van der Waals surface area contributed by atoms with Gasteiger partial charge in [-0.2, -0.15) is 0 Å². The van der Waals surface area contributed by atoms with E-state index in [0.29, 0.717) is 30.9 Å². The second-order valence-corrected chi connectivity index (χ2v) is 10.6. The van der Waals surface area contributed by atoms with Crippen molar-refractivity contribution in [3.05, 3.63) is 44.8 Å². The number of hydrogen-bond donors (Lipinski definition) is 1. The van der Waals surface area contributed by atoms with Gasteiger partial charge in [-0.05, 0) is 55.1 Å². The van der Waals surface area contributed by atoms with Crippen LogP contribution in [0.2, 0.25) is 0 Å². The minimum Gasteiger partial charge on any atom is -0.340 e. The molecule has 7 nitrogen and oxygen atoms in total. The average molecular weight is 473 g/mol. The van der Waals surface area contributed by atoms with Gasteiger partial charge < -0.3 is 20.0 Å². The molecule has 1 N–H and O–H groups in total. The predicted octanol–water partition coefficient (Wildman–Crippen LogP) is 2.52. The molecule has 0 spiro atoms. The van der Waals surface area contributed by atoms with Crippen LogP contribution in [-0.2, 0) is 4.79 Å². The topological polar surface area (TPSA) is 73.0 Å². The van der Waals surface area contributed by atoms with Gasteiger partial charge in [-0.15, -0.1) is 22.7 Å². The number of hydrogen-bond acceptors (Lipinski definition) is 6. The first-order valence-corrected chi connectivity index (χ1v) is 13.1. The predicted molar refractivity (Wildman–Crippen MR) is 125 cm³/mol. The van der Waals surface area contributed by atoms with Gasteiger partial charge in [0, 0.05) is 32.2 Å². The van der Waals surface area contributed by atoms with Crippen molar-refractivity contribution >= 4 is 40.4 Å². The van der Waals surface area contributed by atoms with Gasteiger partial charge in [0.15, 0.2) is 0 Å². The Kier molecular flexibility index (Phi) is 6.30. The van der Waals surface area contributed by atoms with Crippen molar-refractivity contribution in [2.75, 3.05) is 32.7 Å². The van der Waals surface area contributed by atoms with Crippen LogP contribution >= 0.6 is 22.7 Å². The summed E-state index contributed by atoms with van der Waals surface area (Å²) in [6, 6.07) is 6.98. The standard InChI is InChI=1S/C23H28N4O3S2/c28-21(25-10-3-8-24-9-11-25)18-14-17(15-26(18)22(29)19-4-1-12-31-19)27(16-6-7-16)23(30)20-5-2-13-32-20/h1-2,4-5,12-13,16-18,24H,3,6-11,14-15H2. The monoisotopic (exact) mass is 472 g/mol. The van der Waals surface area contributed by atoms with Crippen molar-refractivity contribution in [1.82, 2.24) is 20.0 Å². The molecule has 2 aromatic rings. The summed E-state index contributed by atoms with van der Waals surface area (Å²) >= 11 is 2.85. The summed E-state index contributed by atoms with van der Waals surface area (Å²) < 4.78 is 0. The normalized spacial score (nSPS) is 23.8. The third-order valence-electron chi connectivity index (χ3n) is 6.51. The Labute approximate surface area is 196 Å². The lowest BCUT2D eigenvalue weighted by Gasteiger charge is -2.29. The number of nitrogens with zero attached hydrogens (tertiary/aromatic N) is 3. The molecule has 170 valence electrons. The van der Waals surface area contributed by atoms with Crippen LogP contribution in [0.1, 0.15) is 45.0 Å². The molecule has 9 heteroatoms. The van der Waals surface area contributed by atoms with E-state index in [1.165, 1.54) is 22.7 Å². The van der Waals surface area contributed by atoms with Gasteiger partial charge in [-0.1, -0.05) is 12.1 Å². The van der Waals surface area contributed by atoms with Crippen LogP contribution in [-0.4, -0.2) is 83.3 Å². The molecule has 1 saturated carbocycles. The highest BCUT2D eigenvalue weighted by molar-refractivity contribution is 7.12. The van der Waals surface area contributed by atoms with Crippen LogP contribution in [0.15, 0.2) is 35.0 Å². The Morgan fingerprint density at radius 1 is 0.969 bits per heavy atom. The number of carbonyl (C=O) groups is 3. The summed E-state index contributed by atoms with van der Waals surface area (Å²) in [4.78, 5) is 47.3. The van der Waals surface area contributed by atoms with E-state index in [2.05, 4.69) is 5.32 Å². The minimum absolute atomic E-state index is 0.0143. The van der Waals surface area contributed by atoms with E-state index in [-0.39, 0.29) is 29.8 Å². The summed E-state index contributed by atoms with van der Waals surface area (Å²) in [6.07, 6.45) is 3.39. The van der Waals surface area contributed by atoms with Crippen LogP contribution in [0.5, 0.6) is 0 Å². The molecule has 1 aliphatic carbocycles. The summed E-state index contributed by atoms with van der Waals surface area (Å²) in [6.45, 7) is 3.44. The van der Waals surface area contributed by atoms with Crippen LogP contribution in [0.25, 0.3) is 0 Å². The van der Waals surface area contributed by atoms with Crippen LogP contribution < -0.4 is 5.32 Å². The quantitative estimate of drug-likeness (QED) is 0.726. The number of amides is 3. The van der Waals surface area contributed by atoms with E-state index in [1.807, 2.05) is 44.8 Å². The molecule has 0 radical (unpaired) electrons. The fourth-order valence-corrected chi connectivity index (χ4v) is 6.15. The maximum Gasteiger partial charge on any atom is 0.264 e. The third kappa shape index (κ3) is 4.33. The van der Waals surface area contributed by atoms with Crippen molar-refractivity contribution < 1.29 is 14.4 Å². The Bertz CT molecular complexity index is 950. The van der Waals surface area contributed by atoms with Gasteiger partial charge in [0.25, 0.3) is 11.8 Å². The second-order valence-electron chi connectivity index (χ2n) is 8.69. The lowest BCUT2D eigenvalue weighted by molar-refractivity contribution is -0.135. The van der Waals surface area contributed by atoms with Crippen molar-refractivity contribution in [2.24, 2.45) is 0 Å². The molecular weight excluding hydrogens is 444 g/mol. The second kappa shape index (κ2) is 9.33. The molecule has 2 aliphatic heterocycles. The van der Waals surface area contributed by atoms with E-state index < -0.39 is 6.04 Å². The van der Waals surface area contributed by atoms with Crippen molar-refractivity contribution in [3.63, 3.8) is 0 Å². The molecule has 2 atom stereocenters. The maximum absolute atomic E-state index is 13.6. The molecule has 3 aliphatic rings. The summed E-state index contributed by atoms with van der Waals surface area (Å²) in [5.74, 6) is -0.0587. The SMILES string of the molecule is O=C(C1CC(N(C(=O)c2cccs2)C2CC2)CN1C(=O)c1cccs1)N1CCCNCC1. The highest BCUT2D eigenvalue weighted by Gasteiger charge is 2.48. The molecule has 2 aromatic heterocycles. The third-order valence-corrected chi connectivity index (χ3v) is 8.22. The van der Waals surface area contributed by atoms with Gasteiger partial charge in [0.2, 0.25) is 5.91 Å². The summed E-state index contributed by atoms with van der Waals surface area (Å²) in [5, 5.41) is 7.14. The van der Waals surface area contributed by atoms with Gasteiger partial charge in [0.05, 0.1) is 15.8 Å². The first kappa shape index (κ1) is 21.6. The zero-order valence-electron chi connectivity index (χ0n) is 17.9. The first-order chi connectivity index (χ1) is 15.6. The van der Waals surface area contributed by atoms with Gasteiger partial charge >= 0.3 is 0 Å². The molecule has 32 heavy (non-hydrogen) atoms. The van der Waals surface area contributed by atoms with Crippen molar-refractivity contribution in [3.8, 4) is 0 Å². The molecule has 0 bridgehead atoms. The molecule has 0 aromatic carbocycles. The van der Waals surface area contributed by atoms with E-state index in [0.717, 1.165) is 37.2 Å². The summed E-state index contributed by atoms with van der Waals surface area (Å²) in [5.41, 5.74) is 0. The van der Waals surface area contributed by atoms with Crippen LogP contribution in [0.3, 0.4) is 0 Å². The molecule has 3 fully saturated rings. The molecule has 4 heterocycles. The Morgan fingerprint density at radius 2 is 1.72 bits per heavy atom. The number of nitrogens with one attached hydrogen (secondary N) is 1. The van der Waals surface area contributed by atoms with E-state index in [9.17, 15) is 14.4 Å².